The van der Waals surface area contributed by atoms with Crippen LogP contribution in [0.2, 0.25) is 0 Å². The quantitative estimate of drug-likeness (QED) is 0.211. The second-order valence-corrected chi connectivity index (χ2v) is 13.7. The van der Waals surface area contributed by atoms with Gasteiger partial charge in [0, 0.05) is 28.3 Å². The zero-order valence-corrected chi connectivity index (χ0v) is 27.0. The summed E-state index contributed by atoms with van der Waals surface area (Å²) in [5.74, 6) is 0.743. The van der Waals surface area contributed by atoms with Gasteiger partial charge < -0.3 is 11.1 Å². The Bertz CT molecular complexity index is 1350. The fourth-order valence-electron chi connectivity index (χ4n) is 7.91. The third kappa shape index (κ3) is 6.87. The minimum atomic E-state index is -0.514. The van der Waals surface area contributed by atoms with E-state index >= 15 is 0 Å². The standard InChI is InChI=1S/C34H48N6O2S/c1-21(20-43-4)40-32(33(35)41)28(19-36-40)31(30(24-11-7-5-8-12-24)25-13-9-6-10-14-25)34(42)37-27-17-15-26(16-18-27)29-22(2)38-39-23(29)3/h15-19,21,24-25,30-31H,5-14,20H2,1-4H3,(H2,35,41)(H,37,42)(H,38,39)/t21?,31-/m1/s1. The first kappa shape index (κ1) is 31.4. The first-order valence-electron chi connectivity index (χ1n) is 16.1. The molecule has 2 heterocycles. The molecule has 232 valence electrons. The number of amides is 2. The molecule has 2 aliphatic rings. The molecule has 0 radical (unpaired) electrons. The fraction of sp³-hybridized carbons (Fsp3) is 0.588. The van der Waals surface area contributed by atoms with Crippen LogP contribution < -0.4 is 11.1 Å². The van der Waals surface area contributed by atoms with Crippen molar-refractivity contribution >= 4 is 29.3 Å². The fourth-order valence-corrected chi connectivity index (χ4v) is 8.54. The van der Waals surface area contributed by atoms with E-state index in [1.807, 2.05) is 44.4 Å². The number of carbonyl (C=O) groups excluding carboxylic acids is 2. The highest BCUT2D eigenvalue weighted by atomic mass is 32.2. The van der Waals surface area contributed by atoms with Crippen molar-refractivity contribution in [2.24, 2.45) is 23.5 Å². The predicted octanol–water partition coefficient (Wildman–Crippen LogP) is 7.41. The van der Waals surface area contributed by atoms with Crippen LogP contribution in [0.15, 0.2) is 30.5 Å². The summed E-state index contributed by atoms with van der Waals surface area (Å²) in [6, 6.07) is 7.98. The number of benzene rings is 1. The Kier molecular flexibility index (Phi) is 10.3. The lowest BCUT2D eigenvalue weighted by molar-refractivity contribution is -0.120. The second kappa shape index (κ2) is 14.1. The number of hydrogen-bond donors (Lipinski definition) is 3. The van der Waals surface area contributed by atoms with Crippen molar-refractivity contribution in [2.75, 3.05) is 17.3 Å². The first-order valence-corrected chi connectivity index (χ1v) is 17.5. The Labute approximate surface area is 260 Å². The van der Waals surface area contributed by atoms with Crippen molar-refractivity contribution in [1.82, 2.24) is 20.0 Å². The maximum Gasteiger partial charge on any atom is 0.267 e. The van der Waals surface area contributed by atoms with Crippen LogP contribution in [0.4, 0.5) is 5.69 Å². The van der Waals surface area contributed by atoms with Crippen LogP contribution in [-0.4, -0.2) is 43.8 Å². The molecule has 1 aromatic carbocycles. The third-order valence-electron chi connectivity index (χ3n) is 9.84. The molecular weight excluding hydrogens is 556 g/mol. The van der Waals surface area contributed by atoms with E-state index in [2.05, 4.69) is 22.4 Å². The monoisotopic (exact) mass is 604 g/mol. The number of anilines is 1. The number of nitrogens with two attached hydrogens (primary N) is 1. The molecule has 5 rings (SSSR count). The third-order valence-corrected chi connectivity index (χ3v) is 10.7. The highest BCUT2D eigenvalue weighted by Crippen LogP contribution is 2.48. The molecular formula is C34H48N6O2S. The summed E-state index contributed by atoms with van der Waals surface area (Å²) in [6.45, 7) is 6.06. The number of H-pyrrole nitrogens is 1. The SMILES string of the molecule is CSCC(C)n1ncc([C@@H](C(=O)Nc2ccc(-c3c(C)n[nH]c3C)cc2)C(C2CCCCC2)C2CCCCC2)c1C(N)=O. The van der Waals surface area contributed by atoms with Gasteiger partial charge in [-0.15, -0.1) is 0 Å². The van der Waals surface area contributed by atoms with Gasteiger partial charge in [0.05, 0.1) is 23.9 Å². The number of nitrogens with zero attached hydrogens (tertiary/aromatic N) is 3. The number of nitrogens with one attached hydrogen (secondary N) is 2. The van der Waals surface area contributed by atoms with Gasteiger partial charge in [0.15, 0.2) is 0 Å². The molecule has 2 aromatic heterocycles. The van der Waals surface area contributed by atoms with Gasteiger partial charge in [-0.05, 0) is 62.5 Å². The van der Waals surface area contributed by atoms with Crippen molar-refractivity contribution in [3.05, 3.63) is 53.1 Å². The number of aromatic amines is 1. The molecule has 2 fully saturated rings. The summed E-state index contributed by atoms with van der Waals surface area (Å²) in [5.41, 5.74) is 12.0. The molecule has 4 N–H and O–H groups in total. The molecule has 8 nitrogen and oxygen atoms in total. The molecule has 2 aliphatic carbocycles. The molecule has 43 heavy (non-hydrogen) atoms. The average Bonchev–Trinajstić information content (AvgIpc) is 3.60. The van der Waals surface area contributed by atoms with Crippen LogP contribution in [0.5, 0.6) is 0 Å². The summed E-state index contributed by atoms with van der Waals surface area (Å²) < 4.78 is 1.76. The molecule has 1 unspecified atom stereocenters. The van der Waals surface area contributed by atoms with E-state index in [1.165, 1.54) is 38.5 Å². The topological polar surface area (TPSA) is 119 Å². The summed E-state index contributed by atoms with van der Waals surface area (Å²) in [4.78, 5) is 27.7. The number of rotatable bonds is 11. The van der Waals surface area contributed by atoms with Crippen LogP contribution in [-0.2, 0) is 4.79 Å². The van der Waals surface area contributed by atoms with Crippen molar-refractivity contribution in [2.45, 2.75) is 96.9 Å². The van der Waals surface area contributed by atoms with Crippen LogP contribution in [0, 0.1) is 31.6 Å². The largest absolute Gasteiger partial charge is 0.364 e. The maximum absolute atomic E-state index is 14.6. The highest BCUT2D eigenvalue weighted by Gasteiger charge is 2.43. The molecule has 2 atom stereocenters. The lowest BCUT2D eigenvalue weighted by Gasteiger charge is -2.42. The molecule has 0 saturated heterocycles. The van der Waals surface area contributed by atoms with Crippen molar-refractivity contribution in [3.8, 4) is 11.1 Å². The number of aryl methyl sites for hydroxylation is 2. The van der Waals surface area contributed by atoms with Crippen LogP contribution in [0.25, 0.3) is 11.1 Å². The lowest BCUT2D eigenvalue weighted by Crippen LogP contribution is -2.39. The first-order chi connectivity index (χ1) is 20.8. The second-order valence-electron chi connectivity index (χ2n) is 12.8. The molecule has 9 heteroatoms. The molecule has 0 aliphatic heterocycles. The summed E-state index contributed by atoms with van der Waals surface area (Å²) in [5, 5.41) is 15.4. The predicted molar refractivity (Wildman–Crippen MR) is 175 cm³/mol. The van der Waals surface area contributed by atoms with Gasteiger partial charge in [-0.1, -0.05) is 76.3 Å². The van der Waals surface area contributed by atoms with Gasteiger partial charge in [-0.2, -0.15) is 22.0 Å². The lowest BCUT2D eigenvalue weighted by atomic mass is 9.63. The van der Waals surface area contributed by atoms with Gasteiger partial charge in [0.2, 0.25) is 5.91 Å². The maximum atomic E-state index is 14.6. The van der Waals surface area contributed by atoms with Crippen LogP contribution >= 0.6 is 11.8 Å². The van der Waals surface area contributed by atoms with E-state index in [9.17, 15) is 9.59 Å². The Balaban J connectivity index is 1.55. The smallest absolute Gasteiger partial charge is 0.267 e. The van der Waals surface area contributed by atoms with Gasteiger partial charge in [0.25, 0.3) is 5.91 Å². The van der Waals surface area contributed by atoms with Gasteiger partial charge in [0.1, 0.15) is 5.69 Å². The number of thioether (sulfide) groups is 1. The zero-order valence-electron chi connectivity index (χ0n) is 26.2. The average molecular weight is 605 g/mol. The number of carbonyl (C=O) groups is 2. The minimum absolute atomic E-state index is 0.0137. The van der Waals surface area contributed by atoms with Crippen molar-refractivity contribution in [1.29, 1.82) is 0 Å². The Morgan fingerprint density at radius 3 is 2.14 bits per heavy atom. The van der Waals surface area contributed by atoms with Crippen molar-refractivity contribution in [3.63, 3.8) is 0 Å². The van der Waals surface area contributed by atoms with E-state index in [0.29, 0.717) is 23.1 Å². The molecule has 3 aromatic rings. The van der Waals surface area contributed by atoms with Crippen molar-refractivity contribution < 1.29 is 9.59 Å². The zero-order chi connectivity index (χ0) is 30.5. The van der Waals surface area contributed by atoms with E-state index < -0.39 is 11.8 Å². The van der Waals surface area contributed by atoms with Gasteiger partial charge >= 0.3 is 0 Å². The van der Waals surface area contributed by atoms with Crippen LogP contribution in [0.1, 0.15) is 111 Å². The van der Waals surface area contributed by atoms with E-state index in [0.717, 1.165) is 59.6 Å². The molecule has 2 saturated carbocycles. The number of aromatic nitrogens is 4. The Hall–Kier alpha value is -3.07. The molecule has 2 amide bonds. The van der Waals surface area contributed by atoms with E-state index in [1.54, 1.807) is 22.6 Å². The summed E-state index contributed by atoms with van der Waals surface area (Å²) >= 11 is 1.71. The van der Waals surface area contributed by atoms with E-state index in [4.69, 9.17) is 10.8 Å². The minimum Gasteiger partial charge on any atom is -0.364 e. The molecule has 0 bridgehead atoms. The Morgan fingerprint density at radius 1 is 1.02 bits per heavy atom. The number of primary amides is 1. The highest BCUT2D eigenvalue weighted by molar-refractivity contribution is 7.98. The normalized spacial score (nSPS) is 18.1. The van der Waals surface area contributed by atoms with Gasteiger partial charge in [-0.3, -0.25) is 19.4 Å². The molecule has 0 spiro atoms. The number of hydrogen-bond acceptors (Lipinski definition) is 5. The summed E-state index contributed by atoms with van der Waals surface area (Å²) in [6.07, 6.45) is 15.6. The Morgan fingerprint density at radius 2 is 1.63 bits per heavy atom. The van der Waals surface area contributed by atoms with E-state index in [-0.39, 0.29) is 17.9 Å². The summed E-state index contributed by atoms with van der Waals surface area (Å²) in [7, 11) is 0. The van der Waals surface area contributed by atoms with Gasteiger partial charge in [-0.25, -0.2) is 0 Å². The van der Waals surface area contributed by atoms with Crippen LogP contribution in [0.3, 0.4) is 0 Å².